The second-order valence-electron chi connectivity index (χ2n) is 5.54. The summed E-state index contributed by atoms with van der Waals surface area (Å²) in [5.74, 6) is -0.262. The Morgan fingerprint density at radius 1 is 1.18 bits per heavy atom. The van der Waals surface area contributed by atoms with E-state index < -0.39 is 0 Å². The van der Waals surface area contributed by atoms with Crippen molar-refractivity contribution in [1.82, 2.24) is 9.78 Å². The topological polar surface area (TPSA) is 44.1 Å². The monoisotopic (exact) mass is 296 g/mol. The molecule has 0 bridgehead atoms. The first kappa shape index (κ1) is 14.6. The minimum atomic E-state index is -0.262. The highest BCUT2D eigenvalue weighted by atomic mass is 16.5. The molecule has 0 spiro atoms. The zero-order chi connectivity index (χ0) is 15.2. The predicted octanol–water partition coefficient (Wildman–Crippen LogP) is 3.76. The molecule has 4 nitrogen and oxygen atoms in total. The van der Waals surface area contributed by atoms with Crippen LogP contribution in [-0.4, -0.2) is 21.9 Å². The summed E-state index contributed by atoms with van der Waals surface area (Å²) in [6.07, 6.45) is 12.6. The van der Waals surface area contributed by atoms with Crippen molar-refractivity contribution in [2.75, 3.05) is 0 Å². The van der Waals surface area contributed by atoms with E-state index in [-0.39, 0.29) is 12.1 Å². The minimum absolute atomic E-state index is 0.0901. The van der Waals surface area contributed by atoms with Gasteiger partial charge in [0.25, 0.3) is 0 Å². The molecule has 0 amide bonds. The van der Waals surface area contributed by atoms with Crippen molar-refractivity contribution < 1.29 is 9.53 Å². The highest BCUT2D eigenvalue weighted by Crippen LogP contribution is 2.21. The van der Waals surface area contributed by atoms with Crippen LogP contribution >= 0.6 is 0 Å². The quantitative estimate of drug-likeness (QED) is 0.637. The molecular weight excluding hydrogens is 276 g/mol. The first-order valence-electron chi connectivity index (χ1n) is 7.81. The van der Waals surface area contributed by atoms with Crippen LogP contribution in [0.2, 0.25) is 0 Å². The molecule has 0 atom stereocenters. The fraction of sp³-hybridized carbons (Fsp3) is 0.333. The van der Waals surface area contributed by atoms with E-state index in [4.69, 9.17) is 4.74 Å². The standard InChI is InChI=1S/C18H20N2O2/c21-18(22-16-8-2-1-3-9-16)12-11-15-7-4-5-10-17(15)20-14-6-13-19-20/h4-7,10-14,16H,1-3,8-9H2/b12-11+. The molecule has 1 aromatic heterocycles. The third kappa shape index (κ3) is 3.64. The molecule has 3 rings (SSSR count). The van der Waals surface area contributed by atoms with Gasteiger partial charge < -0.3 is 4.74 Å². The number of carbonyl (C=O) groups is 1. The lowest BCUT2D eigenvalue weighted by molar-refractivity contribution is -0.144. The molecule has 1 aliphatic rings. The second kappa shape index (κ2) is 7.07. The molecule has 0 unspecified atom stereocenters. The van der Waals surface area contributed by atoms with E-state index in [0.717, 1.165) is 36.9 Å². The van der Waals surface area contributed by atoms with Gasteiger partial charge in [0.05, 0.1) is 5.69 Å². The summed E-state index contributed by atoms with van der Waals surface area (Å²) >= 11 is 0. The average Bonchev–Trinajstić information content (AvgIpc) is 3.08. The van der Waals surface area contributed by atoms with Crippen molar-refractivity contribution in [3.05, 3.63) is 54.4 Å². The number of carbonyl (C=O) groups excluding carboxylic acids is 1. The summed E-state index contributed by atoms with van der Waals surface area (Å²) in [6.45, 7) is 0. The minimum Gasteiger partial charge on any atom is -0.459 e. The molecule has 2 aromatic rings. The summed E-state index contributed by atoms with van der Waals surface area (Å²) in [4.78, 5) is 12.0. The van der Waals surface area contributed by atoms with Crippen molar-refractivity contribution in [3.8, 4) is 5.69 Å². The maximum atomic E-state index is 12.0. The number of rotatable bonds is 4. The van der Waals surface area contributed by atoms with Gasteiger partial charge in [-0.2, -0.15) is 5.10 Å². The van der Waals surface area contributed by atoms with Gasteiger partial charge in [-0.05, 0) is 43.9 Å². The fourth-order valence-electron chi connectivity index (χ4n) is 2.79. The Morgan fingerprint density at radius 2 is 2.00 bits per heavy atom. The molecule has 114 valence electrons. The Hall–Kier alpha value is -2.36. The van der Waals surface area contributed by atoms with E-state index in [1.165, 1.54) is 12.5 Å². The summed E-state index contributed by atoms with van der Waals surface area (Å²) in [7, 11) is 0. The molecule has 0 aliphatic heterocycles. The van der Waals surface area contributed by atoms with Crippen LogP contribution in [-0.2, 0) is 9.53 Å². The summed E-state index contributed by atoms with van der Waals surface area (Å²) < 4.78 is 7.28. The van der Waals surface area contributed by atoms with Gasteiger partial charge >= 0.3 is 5.97 Å². The van der Waals surface area contributed by atoms with Crippen LogP contribution in [0.15, 0.2) is 48.8 Å². The number of nitrogens with zero attached hydrogens (tertiary/aromatic N) is 2. The third-order valence-electron chi connectivity index (χ3n) is 3.92. The number of para-hydroxylation sites is 1. The number of hydrogen-bond donors (Lipinski definition) is 0. The Morgan fingerprint density at radius 3 is 2.77 bits per heavy atom. The first-order chi connectivity index (χ1) is 10.8. The lowest BCUT2D eigenvalue weighted by Gasteiger charge is -2.20. The van der Waals surface area contributed by atoms with Gasteiger partial charge in [-0.3, -0.25) is 0 Å². The van der Waals surface area contributed by atoms with Crippen LogP contribution in [0.25, 0.3) is 11.8 Å². The van der Waals surface area contributed by atoms with Crippen LogP contribution in [0.5, 0.6) is 0 Å². The Kier molecular flexibility index (Phi) is 4.68. The zero-order valence-corrected chi connectivity index (χ0v) is 12.5. The third-order valence-corrected chi connectivity index (χ3v) is 3.92. The highest BCUT2D eigenvalue weighted by molar-refractivity contribution is 5.88. The largest absolute Gasteiger partial charge is 0.459 e. The average molecular weight is 296 g/mol. The Balaban J connectivity index is 1.68. The number of hydrogen-bond acceptors (Lipinski definition) is 3. The molecule has 1 aromatic carbocycles. The predicted molar refractivity (Wildman–Crippen MR) is 85.6 cm³/mol. The summed E-state index contributed by atoms with van der Waals surface area (Å²) in [5, 5.41) is 4.23. The lowest BCUT2D eigenvalue weighted by Crippen LogP contribution is -2.19. The molecule has 0 radical (unpaired) electrons. The van der Waals surface area contributed by atoms with Crippen molar-refractivity contribution >= 4 is 12.0 Å². The SMILES string of the molecule is O=C(/C=C/c1ccccc1-n1cccn1)OC1CCCCC1. The van der Waals surface area contributed by atoms with Crippen molar-refractivity contribution in [3.63, 3.8) is 0 Å². The zero-order valence-electron chi connectivity index (χ0n) is 12.5. The molecule has 1 heterocycles. The van der Waals surface area contributed by atoms with Gasteiger partial charge in [-0.15, -0.1) is 0 Å². The number of ether oxygens (including phenoxy) is 1. The normalized spacial score (nSPS) is 16.0. The fourth-order valence-corrected chi connectivity index (χ4v) is 2.79. The van der Waals surface area contributed by atoms with E-state index in [1.807, 2.05) is 36.5 Å². The van der Waals surface area contributed by atoms with Gasteiger partial charge in [-0.25, -0.2) is 9.48 Å². The van der Waals surface area contributed by atoms with Crippen LogP contribution < -0.4 is 0 Å². The molecule has 0 saturated heterocycles. The number of esters is 1. The van der Waals surface area contributed by atoms with E-state index in [9.17, 15) is 4.79 Å². The van der Waals surface area contributed by atoms with Crippen LogP contribution in [0.3, 0.4) is 0 Å². The molecule has 0 N–H and O–H groups in total. The molecule has 1 saturated carbocycles. The van der Waals surface area contributed by atoms with Gasteiger partial charge in [0.2, 0.25) is 0 Å². The maximum absolute atomic E-state index is 12.0. The summed E-state index contributed by atoms with van der Waals surface area (Å²) in [5.41, 5.74) is 1.88. The van der Waals surface area contributed by atoms with Gasteiger partial charge in [0, 0.05) is 24.0 Å². The maximum Gasteiger partial charge on any atom is 0.331 e. The van der Waals surface area contributed by atoms with Gasteiger partial charge in [-0.1, -0.05) is 24.6 Å². The molecule has 22 heavy (non-hydrogen) atoms. The van der Waals surface area contributed by atoms with E-state index in [1.54, 1.807) is 17.0 Å². The number of benzene rings is 1. The Labute approximate surface area is 130 Å². The van der Waals surface area contributed by atoms with Crippen molar-refractivity contribution in [1.29, 1.82) is 0 Å². The Bertz CT molecular complexity index is 641. The summed E-state index contributed by atoms with van der Waals surface area (Å²) in [6, 6.07) is 9.70. The van der Waals surface area contributed by atoms with E-state index in [2.05, 4.69) is 5.10 Å². The molecule has 4 heteroatoms. The van der Waals surface area contributed by atoms with Crippen LogP contribution in [0.1, 0.15) is 37.7 Å². The van der Waals surface area contributed by atoms with E-state index >= 15 is 0 Å². The van der Waals surface area contributed by atoms with Gasteiger partial charge in [0.1, 0.15) is 6.10 Å². The molecule has 1 aliphatic carbocycles. The number of aromatic nitrogens is 2. The lowest BCUT2D eigenvalue weighted by atomic mass is 9.98. The van der Waals surface area contributed by atoms with Gasteiger partial charge in [0.15, 0.2) is 0 Å². The van der Waals surface area contributed by atoms with E-state index in [0.29, 0.717) is 0 Å². The van der Waals surface area contributed by atoms with Crippen LogP contribution in [0, 0.1) is 0 Å². The highest BCUT2D eigenvalue weighted by Gasteiger charge is 2.16. The van der Waals surface area contributed by atoms with Crippen molar-refractivity contribution in [2.45, 2.75) is 38.2 Å². The smallest absolute Gasteiger partial charge is 0.331 e. The first-order valence-corrected chi connectivity index (χ1v) is 7.81. The second-order valence-corrected chi connectivity index (χ2v) is 5.54. The molecular formula is C18H20N2O2. The van der Waals surface area contributed by atoms with Crippen molar-refractivity contribution in [2.24, 2.45) is 0 Å². The van der Waals surface area contributed by atoms with Crippen LogP contribution in [0.4, 0.5) is 0 Å². The molecule has 1 fully saturated rings.